The number of carbonyl (C=O) groups excluding carboxylic acids is 2. The molecule has 2 amide bonds. The molecule has 1 aromatic rings. The Hall–Kier alpha value is -2.37. The Balaban J connectivity index is 2.71. The summed E-state index contributed by atoms with van der Waals surface area (Å²) in [7, 11) is 1.62. The predicted octanol–water partition coefficient (Wildman–Crippen LogP) is 1.10. The zero-order valence-corrected chi connectivity index (χ0v) is 12.4. The average Bonchev–Trinajstić information content (AvgIpc) is 2.45. The third-order valence-corrected chi connectivity index (χ3v) is 3.56. The van der Waals surface area contributed by atoms with Crippen molar-refractivity contribution in [3.63, 3.8) is 0 Å². The molecule has 0 heterocycles. The number of nitrogens with two attached hydrogens (primary N) is 1. The minimum absolute atomic E-state index is 0.233. The van der Waals surface area contributed by atoms with Gasteiger partial charge in [-0.25, -0.2) is 0 Å². The first-order chi connectivity index (χ1) is 9.73. The Morgan fingerprint density at radius 2 is 1.67 bits per heavy atom. The molecule has 2 atom stereocenters. The van der Waals surface area contributed by atoms with Gasteiger partial charge in [0.1, 0.15) is 0 Å². The largest absolute Gasteiger partial charge is 0.481 e. The number of hydrogen-bond donors (Lipinski definition) is 2. The van der Waals surface area contributed by atoms with Gasteiger partial charge in [0.15, 0.2) is 0 Å². The molecule has 0 fully saturated rings. The van der Waals surface area contributed by atoms with Gasteiger partial charge < -0.3 is 15.7 Å². The first-order valence-corrected chi connectivity index (χ1v) is 6.60. The molecule has 21 heavy (non-hydrogen) atoms. The van der Waals surface area contributed by atoms with Crippen LogP contribution in [0.15, 0.2) is 24.3 Å². The standard InChI is InChI=1S/C15H20N2O4/c1-9(10(2)15(20)21)14(19)17(3)8-11-4-6-12(7-5-11)13(16)18/h4-7,9-10H,8H2,1-3H3,(H2,16,18)(H,20,21). The summed E-state index contributed by atoms with van der Waals surface area (Å²) >= 11 is 0. The van der Waals surface area contributed by atoms with Crippen LogP contribution in [0.5, 0.6) is 0 Å². The molecular weight excluding hydrogens is 272 g/mol. The molecule has 0 saturated carbocycles. The number of amides is 2. The van der Waals surface area contributed by atoms with Crippen molar-refractivity contribution in [3.05, 3.63) is 35.4 Å². The molecule has 6 nitrogen and oxygen atoms in total. The smallest absolute Gasteiger partial charge is 0.307 e. The van der Waals surface area contributed by atoms with Gasteiger partial charge in [-0.1, -0.05) is 26.0 Å². The van der Waals surface area contributed by atoms with Crippen LogP contribution in [0, 0.1) is 11.8 Å². The fourth-order valence-electron chi connectivity index (χ4n) is 1.90. The summed E-state index contributed by atoms with van der Waals surface area (Å²) in [5, 5.41) is 8.94. The highest BCUT2D eigenvalue weighted by molar-refractivity contribution is 5.92. The number of rotatable bonds is 6. The van der Waals surface area contributed by atoms with Crippen molar-refractivity contribution in [1.29, 1.82) is 0 Å². The Kier molecular flexibility index (Phi) is 5.46. The summed E-state index contributed by atoms with van der Waals surface area (Å²) in [4.78, 5) is 35.5. The van der Waals surface area contributed by atoms with E-state index in [2.05, 4.69) is 0 Å². The molecule has 0 aliphatic heterocycles. The number of benzene rings is 1. The van der Waals surface area contributed by atoms with E-state index in [1.54, 1.807) is 38.2 Å². The lowest BCUT2D eigenvalue weighted by Crippen LogP contribution is -2.36. The van der Waals surface area contributed by atoms with Crippen LogP contribution in [-0.2, 0) is 16.1 Å². The van der Waals surface area contributed by atoms with Gasteiger partial charge >= 0.3 is 5.97 Å². The van der Waals surface area contributed by atoms with E-state index in [9.17, 15) is 14.4 Å². The second-order valence-corrected chi connectivity index (χ2v) is 5.17. The molecule has 0 saturated heterocycles. The van der Waals surface area contributed by atoms with Crippen LogP contribution in [0.2, 0.25) is 0 Å². The molecule has 1 aromatic carbocycles. The van der Waals surface area contributed by atoms with Gasteiger partial charge in [0, 0.05) is 25.1 Å². The fourth-order valence-corrected chi connectivity index (χ4v) is 1.90. The molecular formula is C15H20N2O4. The Bertz CT molecular complexity index is 539. The highest BCUT2D eigenvalue weighted by Crippen LogP contribution is 2.15. The number of hydrogen-bond acceptors (Lipinski definition) is 3. The topological polar surface area (TPSA) is 101 Å². The second kappa shape index (κ2) is 6.88. The van der Waals surface area contributed by atoms with Crippen LogP contribution >= 0.6 is 0 Å². The van der Waals surface area contributed by atoms with Gasteiger partial charge in [-0.2, -0.15) is 0 Å². The van der Waals surface area contributed by atoms with Crippen LogP contribution in [0.25, 0.3) is 0 Å². The van der Waals surface area contributed by atoms with E-state index in [0.717, 1.165) is 5.56 Å². The Morgan fingerprint density at radius 3 is 2.10 bits per heavy atom. The number of carbonyl (C=O) groups is 3. The molecule has 1 rings (SSSR count). The summed E-state index contributed by atoms with van der Waals surface area (Å²) in [6.07, 6.45) is 0. The lowest BCUT2D eigenvalue weighted by Gasteiger charge is -2.23. The van der Waals surface area contributed by atoms with E-state index in [1.165, 1.54) is 11.8 Å². The van der Waals surface area contributed by atoms with Gasteiger partial charge in [0.25, 0.3) is 0 Å². The molecule has 0 aliphatic rings. The van der Waals surface area contributed by atoms with E-state index in [1.807, 2.05) is 0 Å². The highest BCUT2D eigenvalue weighted by atomic mass is 16.4. The molecule has 0 radical (unpaired) electrons. The van der Waals surface area contributed by atoms with Crippen molar-refractivity contribution < 1.29 is 19.5 Å². The summed E-state index contributed by atoms with van der Waals surface area (Å²) in [5.41, 5.74) is 6.40. The fraction of sp³-hybridized carbons (Fsp3) is 0.400. The summed E-state index contributed by atoms with van der Waals surface area (Å²) < 4.78 is 0. The van der Waals surface area contributed by atoms with Gasteiger partial charge in [0.2, 0.25) is 11.8 Å². The number of primary amides is 1. The molecule has 3 N–H and O–H groups in total. The Morgan fingerprint density at radius 1 is 1.14 bits per heavy atom. The molecule has 0 aromatic heterocycles. The van der Waals surface area contributed by atoms with Crippen molar-refractivity contribution in [2.75, 3.05) is 7.05 Å². The van der Waals surface area contributed by atoms with Gasteiger partial charge in [0.05, 0.1) is 5.92 Å². The van der Waals surface area contributed by atoms with Gasteiger partial charge in [-0.15, -0.1) is 0 Å². The third-order valence-electron chi connectivity index (χ3n) is 3.56. The SMILES string of the molecule is CC(C(=O)O)C(C)C(=O)N(C)Cc1ccc(C(N)=O)cc1. The van der Waals surface area contributed by atoms with E-state index < -0.39 is 23.7 Å². The summed E-state index contributed by atoms with van der Waals surface area (Å²) in [5.74, 6) is -3.07. The van der Waals surface area contributed by atoms with Crippen molar-refractivity contribution in [2.45, 2.75) is 20.4 Å². The lowest BCUT2D eigenvalue weighted by atomic mass is 9.94. The molecule has 6 heteroatoms. The average molecular weight is 292 g/mol. The maximum atomic E-state index is 12.2. The zero-order chi connectivity index (χ0) is 16.2. The number of carboxylic acid groups (broad SMARTS) is 1. The molecule has 2 unspecified atom stereocenters. The van der Waals surface area contributed by atoms with Crippen molar-refractivity contribution >= 4 is 17.8 Å². The minimum Gasteiger partial charge on any atom is -0.481 e. The van der Waals surface area contributed by atoms with Crippen LogP contribution in [0.4, 0.5) is 0 Å². The van der Waals surface area contributed by atoms with E-state index in [4.69, 9.17) is 10.8 Å². The minimum atomic E-state index is -0.991. The van der Waals surface area contributed by atoms with Crippen LogP contribution < -0.4 is 5.73 Å². The van der Waals surface area contributed by atoms with Crippen LogP contribution in [0.3, 0.4) is 0 Å². The van der Waals surface area contributed by atoms with Crippen molar-refractivity contribution in [3.8, 4) is 0 Å². The zero-order valence-electron chi connectivity index (χ0n) is 12.4. The Labute approximate surface area is 123 Å². The molecule has 114 valence electrons. The van der Waals surface area contributed by atoms with Crippen molar-refractivity contribution in [1.82, 2.24) is 4.90 Å². The second-order valence-electron chi connectivity index (χ2n) is 5.17. The van der Waals surface area contributed by atoms with Crippen molar-refractivity contribution in [2.24, 2.45) is 17.6 Å². The summed E-state index contributed by atoms with van der Waals surface area (Å²) in [6, 6.07) is 6.63. The first kappa shape index (κ1) is 16.7. The molecule has 0 aliphatic carbocycles. The normalized spacial score (nSPS) is 13.3. The summed E-state index contributed by atoms with van der Waals surface area (Å²) in [6.45, 7) is 3.46. The maximum absolute atomic E-state index is 12.2. The number of aliphatic carboxylic acids is 1. The highest BCUT2D eigenvalue weighted by Gasteiger charge is 2.27. The number of carboxylic acids is 1. The van der Waals surface area contributed by atoms with E-state index in [0.29, 0.717) is 12.1 Å². The number of nitrogens with zero attached hydrogens (tertiary/aromatic N) is 1. The predicted molar refractivity (Wildman–Crippen MR) is 77.4 cm³/mol. The lowest BCUT2D eigenvalue weighted by molar-refractivity contribution is -0.148. The van der Waals surface area contributed by atoms with Gasteiger partial charge in [-0.05, 0) is 17.7 Å². The third kappa shape index (κ3) is 4.30. The quantitative estimate of drug-likeness (QED) is 0.819. The van der Waals surface area contributed by atoms with Crippen LogP contribution in [0.1, 0.15) is 29.8 Å². The monoisotopic (exact) mass is 292 g/mol. The molecule has 0 bridgehead atoms. The van der Waals surface area contributed by atoms with Gasteiger partial charge in [-0.3, -0.25) is 14.4 Å². The molecule has 0 spiro atoms. The first-order valence-electron chi connectivity index (χ1n) is 6.60. The van der Waals surface area contributed by atoms with Crippen LogP contribution in [-0.4, -0.2) is 34.8 Å². The maximum Gasteiger partial charge on any atom is 0.307 e. The van der Waals surface area contributed by atoms with E-state index >= 15 is 0 Å². The van der Waals surface area contributed by atoms with E-state index in [-0.39, 0.29) is 5.91 Å².